The van der Waals surface area contributed by atoms with E-state index in [1.165, 1.54) is 0 Å². The average molecular weight is 472 g/mol. The van der Waals surface area contributed by atoms with Gasteiger partial charge in [0.2, 0.25) is 5.91 Å². The molecule has 0 aliphatic carbocycles. The number of carbonyl (C=O) groups is 2. The largest absolute Gasteiger partial charge is 0.497 e. The number of nitrogens with zero attached hydrogens (tertiary/aromatic N) is 3. The molecule has 0 bridgehead atoms. The fourth-order valence-corrected chi connectivity index (χ4v) is 3.98. The third-order valence-electron chi connectivity index (χ3n) is 5.95. The van der Waals surface area contributed by atoms with Gasteiger partial charge in [0.25, 0.3) is 0 Å². The van der Waals surface area contributed by atoms with Crippen molar-refractivity contribution in [1.82, 2.24) is 19.7 Å². The number of fused-ring (bicyclic) bond motifs is 1. The van der Waals surface area contributed by atoms with E-state index in [2.05, 4.69) is 15.5 Å². The van der Waals surface area contributed by atoms with Crippen LogP contribution in [0.2, 0.25) is 0 Å². The fourth-order valence-electron chi connectivity index (χ4n) is 3.98. The van der Waals surface area contributed by atoms with Crippen molar-refractivity contribution in [2.24, 2.45) is 0 Å². The number of likely N-dealkylation sites (N-methyl/N-ethyl adjacent to an activating group) is 1. The number of carbonyl (C=O) groups excluding carboxylic acids is 2. The van der Waals surface area contributed by atoms with Gasteiger partial charge in [0.05, 0.1) is 12.8 Å². The Morgan fingerprint density at radius 3 is 2.53 bits per heavy atom. The van der Waals surface area contributed by atoms with Crippen LogP contribution in [0.1, 0.15) is 5.56 Å². The molecule has 1 aromatic heterocycles. The second kappa shape index (κ2) is 10.1. The molecule has 2 N–H and O–H groups in total. The summed E-state index contributed by atoms with van der Waals surface area (Å²) in [5.41, 5.74) is 1.49. The van der Waals surface area contributed by atoms with Gasteiger partial charge in [0.1, 0.15) is 23.9 Å². The van der Waals surface area contributed by atoms with Gasteiger partial charge in [-0.25, -0.2) is 13.6 Å². The highest BCUT2D eigenvalue weighted by Crippen LogP contribution is 2.26. The zero-order chi connectivity index (χ0) is 24.2. The minimum absolute atomic E-state index is 0.0323. The Morgan fingerprint density at radius 1 is 1.06 bits per heavy atom. The van der Waals surface area contributed by atoms with Crippen LogP contribution in [-0.4, -0.2) is 66.6 Å². The molecule has 1 fully saturated rings. The number of rotatable bonds is 6. The molecule has 2 heterocycles. The molecule has 2 aromatic carbocycles. The van der Waals surface area contributed by atoms with Crippen molar-refractivity contribution < 1.29 is 23.1 Å². The number of benzene rings is 2. The molecule has 34 heavy (non-hydrogen) atoms. The van der Waals surface area contributed by atoms with Crippen LogP contribution in [0.25, 0.3) is 10.9 Å². The van der Waals surface area contributed by atoms with Gasteiger partial charge in [0, 0.05) is 55.9 Å². The van der Waals surface area contributed by atoms with E-state index in [4.69, 9.17) is 4.74 Å². The van der Waals surface area contributed by atoms with Gasteiger partial charge in [0.15, 0.2) is 0 Å². The highest BCUT2D eigenvalue weighted by Gasteiger charge is 2.21. The molecule has 1 aliphatic heterocycles. The van der Waals surface area contributed by atoms with Gasteiger partial charge < -0.3 is 29.7 Å². The summed E-state index contributed by atoms with van der Waals surface area (Å²) in [4.78, 5) is 29.3. The van der Waals surface area contributed by atoms with Crippen molar-refractivity contribution in [2.75, 3.05) is 45.7 Å². The normalized spacial score (nSPS) is 14.3. The van der Waals surface area contributed by atoms with Crippen molar-refractivity contribution >= 4 is 28.5 Å². The van der Waals surface area contributed by atoms with E-state index in [1.54, 1.807) is 7.11 Å². The first-order valence-corrected chi connectivity index (χ1v) is 11.0. The number of nitrogens with one attached hydrogen (secondary N) is 2. The number of amides is 3. The first-order valence-electron chi connectivity index (χ1n) is 11.0. The average Bonchev–Trinajstić information content (AvgIpc) is 3.16. The summed E-state index contributed by atoms with van der Waals surface area (Å²) in [6, 6.07) is 7.83. The standard InChI is InChI=1S/C24H27F2N5O3/c1-29-7-9-30(10-8-29)23(32)15-31-14-16(19-12-18(34-2)4-6-22(19)31)13-27-24(33)28-21-5-3-17(25)11-20(21)26/h3-6,11-12,14H,7-10,13,15H2,1-2H3,(H2,27,28,33). The van der Waals surface area contributed by atoms with Gasteiger partial charge in [-0.3, -0.25) is 4.79 Å². The maximum atomic E-state index is 13.8. The zero-order valence-corrected chi connectivity index (χ0v) is 19.1. The van der Waals surface area contributed by atoms with Crippen LogP contribution in [0.15, 0.2) is 42.6 Å². The Bertz CT molecular complexity index is 1200. The highest BCUT2D eigenvalue weighted by atomic mass is 19.1. The molecule has 0 spiro atoms. The van der Waals surface area contributed by atoms with Crippen molar-refractivity contribution in [2.45, 2.75) is 13.1 Å². The lowest BCUT2D eigenvalue weighted by atomic mass is 10.1. The summed E-state index contributed by atoms with van der Waals surface area (Å²) < 4.78 is 34.1. The lowest BCUT2D eigenvalue weighted by Crippen LogP contribution is -2.48. The monoisotopic (exact) mass is 471 g/mol. The van der Waals surface area contributed by atoms with Crippen LogP contribution in [-0.2, 0) is 17.9 Å². The Morgan fingerprint density at radius 2 is 1.82 bits per heavy atom. The van der Waals surface area contributed by atoms with Crippen LogP contribution >= 0.6 is 0 Å². The molecule has 180 valence electrons. The first-order chi connectivity index (χ1) is 16.3. The molecule has 0 unspecified atom stereocenters. The maximum absolute atomic E-state index is 13.8. The van der Waals surface area contributed by atoms with Crippen LogP contribution < -0.4 is 15.4 Å². The molecule has 10 heteroatoms. The summed E-state index contributed by atoms with van der Waals surface area (Å²) >= 11 is 0. The molecule has 3 amide bonds. The van der Waals surface area contributed by atoms with Crippen LogP contribution in [0, 0.1) is 11.6 Å². The summed E-state index contributed by atoms with van der Waals surface area (Å²) in [6.07, 6.45) is 1.83. The molecule has 0 atom stereocenters. The van der Waals surface area contributed by atoms with Gasteiger partial charge in [-0.2, -0.15) is 0 Å². The summed E-state index contributed by atoms with van der Waals surface area (Å²) in [7, 11) is 3.60. The third-order valence-corrected chi connectivity index (χ3v) is 5.95. The maximum Gasteiger partial charge on any atom is 0.319 e. The van der Waals surface area contributed by atoms with Crippen molar-refractivity contribution in [3.63, 3.8) is 0 Å². The van der Waals surface area contributed by atoms with E-state index in [0.29, 0.717) is 24.9 Å². The summed E-state index contributed by atoms with van der Waals surface area (Å²) in [5, 5.41) is 5.90. The number of hydrogen-bond acceptors (Lipinski definition) is 4. The summed E-state index contributed by atoms with van der Waals surface area (Å²) in [6.45, 7) is 3.38. The number of methoxy groups -OCH3 is 1. The predicted molar refractivity (Wildman–Crippen MR) is 125 cm³/mol. The van der Waals surface area contributed by atoms with Gasteiger partial charge >= 0.3 is 6.03 Å². The van der Waals surface area contributed by atoms with Crippen LogP contribution in [0.4, 0.5) is 19.3 Å². The van der Waals surface area contributed by atoms with E-state index in [1.807, 2.05) is 40.9 Å². The Balaban J connectivity index is 1.50. The zero-order valence-electron chi connectivity index (χ0n) is 19.1. The molecular weight excluding hydrogens is 444 g/mol. The van der Waals surface area contributed by atoms with E-state index in [-0.39, 0.29) is 24.7 Å². The minimum Gasteiger partial charge on any atom is -0.497 e. The topological polar surface area (TPSA) is 78.8 Å². The quantitative estimate of drug-likeness (QED) is 0.580. The van der Waals surface area contributed by atoms with Gasteiger partial charge in [-0.1, -0.05) is 0 Å². The van der Waals surface area contributed by atoms with E-state index >= 15 is 0 Å². The minimum atomic E-state index is -0.862. The molecule has 0 saturated carbocycles. The third kappa shape index (κ3) is 5.28. The lowest BCUT2D eigenvalue weighted by molar-refractivity contribution is -0.133. The van der Waals surface area contributed by atoms with Crippen molar-refractivity contribution in [3.8, 4) is 5.75 Å². The highest BCUT2D eigenvalue weighted by molar-refractivity contribution is 5.91. The summed E-state index contributed by atoms with van der Waals surface area (Å²) in [5.74, 6) is -0.908. The number of urea groups is 1. The second-order valence-corrected chi connectivity index (χ2v) is 8.28. The molecular formula is C24H27F2N5O3. The van der Waals surface area contributed by atoms with E-state index in [0.717, 1.165) is 41.7 Å². The number of piperazine rings is 1. The number of hydrogen-bond donors (Lipinski definition) is 2. The Kier molecular flexibility index (Phi) is 6.97. The molecule has 1 aliphatic rings. The van der Waals surface area contributed by atoms with Gasteiger partial charge in [-0.05, 0) is 42.9 Å². The first kappa shape index (κ1) is 23.5. The second-order valence-electron chi connectivity index (χ2n) is 8.28. The van der Waals surface area contributed by atoms with Crippen LogP contribution in [0.5, 0.6) is 5.75 Å². The number of anilines is 1. The molecule has 1 saturated heterocycles. The van der Waals surface area contributed by atoms with Crippen molar-refractivity contribution in [1.29, 1.82) is 0 Å². The lowest BCUT2D eigenvalue weighted by Gasteiger charge is -2.32. The molecule has 4 rings (SSSR count). The SMILES string of the molecule is COc1ccc2c(c1)c(CNC(=O)Nc1ccc(F)cc1F)cn2CC(=O)N1CCN(C)CC1. The Hall–Kier alpha value is -3.66. The number of aromatic nitrogens is 1. The molecule has 0 radical (unpaired) electrons. The number of ether oxygens (including phenoxy) is 1. The smallest absolute Gasteiger partial charge is 0.319 e. The Labute approximate surface area is 196 Å². The number of halogens is 2. The van der Waals surface area contributed by atoms with E-state index < -0.39 is 17.7 Å². The van der Waals surface area contributed by atoms with Crippen LogP contribution in [0.3, 0.4) is 0 Å². The molecule has 8 nitrogen and oxygen atoms in total. The van der Waals surface area contributed by atoms with E-state index in [9.17, 15) is 18.4 Å². The fraction of sp³-hybridized carbons (Fsp3) is 0.333. The molecule has 3 aromatic rings. The van der Waals surface area contributed by atoms with Crippen molar-refractivity contribution in [3.05, 3.63) is 59.8 Å². The predicted octanol–water partition coefficient (Wildman–Crippen LogP) is 3.02. The van der Waals surface area contributed by atoms with Gasteiger partial charge in [-0.15, -0.1) is 0 Å².